The van der Waals surface area contributed by atoms with E-state index in [0.29, 0.717) is 12.6 Å². The van der Waals surface area contributed by atoms with Crippen LogP contribution >= 0.6 is 12.4 Å². The molecule has 6 heteroatoms. The van der Waals surface area contributed by atoms with Crippen LogP contribution in [-0.2, 0) is 6.54 Å². The first-order valence-electron chi connectivity index (χ1n) is 6.73. The van der Waals surface area contributed by atoms with Crippen molar-refractivity contribution < 1.29 is 5.11 Å². The molecule has 2 atom stereocenters. The van der Waals surface area contributed by atoms with Crippen LogP contribution in [0.3, 0.4) is 0 Å². The molecule has 0 saturated heterocycles. The summed E-state index contributed by atoms with van der Waals surface area (Å²) in [5.74, 6) is 0. The van der Waals surface area contributed by atoms with Crippen molar-refractivity contribution in [3.8, 4) is 0 Å². The first-order valence-corrected chi connectivity index (χ1v) is 6.73. The van der Waals surface area contributed by atoms with Crippen LogP contribution in [0.1, 0.15) is 31.9 Å². The number of aliphatic hydroxyl groups excluding tert-OH is 1. The van der Waals surface area contributed by atoms with Gasteiger partial charge in [-0.3, -0.25) is 4.57 Å². The number of H-pyrrole nitrogens is 1. The van der Waals surface area contributed by atoms with Gasteiger partial charge < -0.3 is 15.4 Å². The fourth-order valence-corrected chi connectivity index (χ4v) is 2.95. The highest BCUT2D eigenvalue weighted by Gasteiger charge is 2.28. The van der Waals surface area contributed by atoms with Crippen LogP contribution in [0.15, 0.2) is 23.0 Å². The third-order valence-corrected chi connectivity index (χ3v) is 3.73. The summed E-state index contributed by atoms with van der Waals surface area (Å²) in [4.78, 5) is 14.8. The number of aromatic amines is 1. The van der Waals surface area contributed by atoms with Gasteiger partial charge in [0.2, 0.25) is 0 Å². The van der Waals surface area contributed by atoms with Gasteiger partial charge in [0.25, 0.3) is 0 Å². The van der Waals surface area contributed by atoms with Crippen molar-refractivity contribution in [1.29, 1.82) is 0 Å². The minimum Gasteiger partial charge on any atom is -0.387 e. The Hall–Kier alpha value is -1.30. The van der Waals surface area contributed by atoms with Gasteiger partial charge >= 0.3 is 5.69 Å². The zero-order chi connectivity index (χ0) is 13.6. The average molecular weight is 298 g/mol. The number of halogens is 1. The predicted octanol–water partition coefficient (Wildman–Crippen LogP) is 1.56. The summed E-state index contributed by atoms with van der Waals surface area (Å²) < 4.78 is 1.73. The van der Waals surface area contributed by atoms with E-state index in [1.54, 1.807) is 4.57 Å². The van der Waals surface area contributed by atoms with Crippen molar-refractivity contribution >= 4 is 23.4 Å². The monoisotopic (exact) mass is 297 g/mol. The fraction of sp³-hybridized carbons (Fsp3) is 0.500. The molecule has 0 fully saturated rings. The number of nitrogens with one attached hydrogen (secondary N) is 2. The number of nitrogens with zero attached hydrogens (tertiary/aromatic N) is 1. The van der Waals surface area contributed by atoms with Gasteiger partial charge in [0.1, 0.15) is 0 Å². The topological polar surface area (TPSA) is 70.0 Å². The molecule has 0 bridgehead atoms. The molecule has 0 radical (unpaired) electrons. The van der Waals surface area contributed by atoms with E-state index < -0.39 is 6.10 Å². The van der Waals surface area contributed by atoms with Crippen molar-refractivity contribution in [3.05, 3.63) is 34.2 Å². The first-order chi connectivity index (χ1) is 9.08. The zero-order valence-electron chi connectivity index (χ0n) is 11.6. The zero-order valence-corrected chi connectivity index (χ0v) is 12.4. The molecule has 20 heavy (non-hydrogen) atoms. The number of hydrogen-bond donors (Lipinski definition) is 3. The average Bonchev–Trinajstić information content (AvgIpc) is 2.61. The highest BCUT2D eigenvalue weighted by Crippen LogP contribution is 2.29. The van der Waals surface area contributed by atoms with Gasteiger partial charge in [0.15, 0.2) is 0 Å². The van der Waals surface area contributed by atoms with Gasteiger partial charge in [-0.15, -0.1) is 12.4 Å². The number of para-hydroxylation sites is 1. The second-order valence-electron chi connectivity index (χ2n) is 5.49. The molecule has 0 aliphatic carbocycles. The Bertz CT molecular complexity index is 662. The predicted molar refractivity (Wildman–Crippen MR) is 81.4 cm³/mol. The maximum absolute atomic E-state index is 11.9. The maximum Gasteiger partial charge on any atom is 0.326 e. The minimum absolute atomic E-state index is 0. The van der Waals surface area contributed by atoms with E-state index in [1.165, 1.54) is 0 Å². The Balaban J connectivity index is 0.00000147. The molecule has 3 rings (SSSR count). The molecular formula is C14H20ClN3O2. The SMILES string of the molecule is CC(C)N[C@@H]1CCn2c(=O)[nH]c3cccc(c32)[C@H]1O.Cl. The van der Waals surface area contributed by atoms with Gasteiger partial charge in [-0.05, 0) is 12.5 Å². The lowest BCUT2D eigenvalue weighted by molar-refractivity contribution is 0.121. The molecule has 1 aromatic carbocycles. The molecule has 2 aromatic rings. The summed E-state index contributed by atoms with van der Waals surface area (Å²) in [7, 11) is 0. The highest BCUT2D eigenvalue weighted by molar-refractivity contribution is 5.85. The summed E-state index contributed by atoms with van der Waals surface area (Å²) in [5.41, 5.74) is 2.37. The fourth-order valence-electron chi connectivity index (χ4n) is 2.95. The first kappa shape index (κ1) is 15.1. The van der Waals surface area contributed by atoms with Crippen LogP contribution < -0.4 is 11.0 Å². The summed E-state index contributed by atoms with van der Waals surface area (Å²) in [6, 6.07) is 5.93. The third-order valence-electron chi connectivity index (χ3n) is 3.73. The Morgan fingerprint density at radius 1 is 1.45 bits per heavy atom. The lowest BCUT2D eigenvalue weighted by Crippen LogP contribution is -2.39. The summed E-state index contributed by atoms with van der Waals surface area (Å²) in [5, 5.41) is 14.0. The van der Waals surface area contributed by atoms with Crippen molar-refractivity contribution in [2.75, 3.05) is 0 Å². The maximum atomic E-state index is 11.9. The molecule has 0 spiro atoms. The Kier molecular flexibility index (Phi) is 4.22. The van der Waals surface area contributed by atoms with E-state index in [0.717, 1.165) is 23.0 Å². The van der Waals surface area contributed by atoms with Crippen molar-refractivity contribution in [2.24, 2.45) is 0 Å². The lowest BCUT2D eigenvalue weighted by Gasteiger charge is -2.24. The summed E-state index contributed by atoms with van der Waals surface area (Å²) in [6.07, 6.45) is 0.149. The second-order valence-corrected chi connectivity index (χ2v) is 5.49. The number of benzene rings is 1. The quantitative estimate of drug-likeness (QED) is 0.788. The lowest BCUT2D eigenvalue weighted by atomic mass is 9.99. The van der Waals surface area contributed by atoms with E-state index in [4.69, 9.17) is 0 Å². The summed E-state index contributed by atoms with van der Waals surface area (Å²) >= 11 is 0. The van der Waals surface area contributed by atoms with Gasteiger partial charge in [-0.2, -0.15) is 0 Å². The van der Waals surface area contributed by atoms with Crippen LogP contribution in [0.4, 0.5) is 0 Å². The number of hydrogen-bond acceptors (Lipinski definition) is 3. The molecule has 2 heterocycles. The van der Waals surface area contributed by atoms with Crippen LogP contribution in [0, 0.1) is 0 Å². The highest BCUT2D eigenvalue weighted by atomic mass is 35.5. The molecule has 3 N–H and O–H groups in total. The second kappa shape index (κ2) is 5.60. The Morgan fingerprint density at radius 2 is 2.20 bits per heavy atom. The molecule has 0 amide bonds. The smallest absolute Gasteiger partial charge is 0.326 e. The minimum atomic E-state index is -0.588. The molecule has 1 aliphatic rings. The van der Waals surface area contributed by atoms with Gasteiger partial charge in [-0.25, -0.2) is 4.79 Å². The number of aromatic nitrogens is 2. The van der Waals surface area contributed by atoms with Crippen molar-refractivity contribution in [2.45, 2.75) is 45.0 Å². The normalized spacial score (nSPS) is 21.8. The number of rotatable bonds is 2. The molecule has 110 valence electrons. The van der Waals surface area contributed by atoms with Crippen molar-refractivity contribution in [3.63, 3.8) is 0 Å². The van der Waals surface area contributed by atoms with Crippen molar-refractivity contribution in [1.82, 2.24) is 14.9 Å². The standard InChI is InChI=1S/C14H19N3O2.ClH/c1-8(2)15-11-6-7-17-12-9(13(11)18)4-3-5-10(12)16-14(17)19;/h3-5,8,11,13,15,18H,6-7H2,1-2H3,(H,16,19);1H/t11-,13-;/m1./s1. The van der Waals surface area contributed by atoms with E-state index >= 15 is 0 Å². The van der Waals surface area contributed by atoms with E-state index in [9.17, 15) is 9.90 Å². The van der Waals surface area contributed by atoms with Crippen LogP contribution in [0.2, 0.25) is 0 Å². The van der Waals surface area contributed by atoms with Gasteiger partial charge in [0, 0.05) is 24.2 Å². The number of imidazole rings is 1. The number of aliphatic hydroxyl groups is 1. The van der Waals surface area contributed by atoms with Crippen LogP contribution in [0.5, 0.6) is 0 Å². The van der Waals surface area contributed by atoms with E-state index in [2.05, 4.69) is 24.1 Å². The third kappa shape index (κ3) is 2.37. The summed E-state index contributed by atoms with van der Waals surface area (Å²) in [6.45, 7) is 4.74. The Labute approximate surface area is 123 Å². The molecule has 1 aromatic heterocycles. The molecule has 5 nitrogen and oxygen atoms in total. The molecule has 0 saturated carbocycles. The molecular weight excluding hydrogens is 278 g/mol. The van der Waals surface area contributed by atoms with Crippen LogP contribution in [0.25, 0.3) is 11.0 Å². The van der Waals surface area contributed by atoms with Gasteiger partial charge in [0.05, 0.1) is 17.1 Å². The van der Waals surface area contributed by atoms with Gasteiger partial charge in [-0.1, -0.05) is 26.0 Å². The van der Waals surface area contributed by atoms with Crippen LogP contribution in [-0.4, -0.2) is 26.7 Å². The molecule has 1 aliphatic heterocycles. The van der Waals surface area contributed by atoms with E-state index in [-0.39, 0.29) is 24.1 Å². The molecule has 0 unspecified atom stereocenters. The Morgan fingerprint density at radius 3 is 2.90 bits per heavy atom. The van der Waals surface area contributed by atoms with E-state index in [1.807, 2.05) is 18.2 Å². The number of aryl methyl sites for hydroxylation is 1. The largest absolute Gasteiger partial charge is 0.387 e.